The maximum Gasteiger partial charge on any atom is 0.163 e. The van der Waals surface area contributed by atoms with E-state index in [0.29, 0.717) is 16.7 Å². The highest BCUT2D eigenvalue weighted by Crippen LogP contribution is 2.30. The van der Waals surface area contributed by atoms with Crippen molar-refractivity contribution in [2.24, 2.45) is 0 Å². The molecule has 0 radical (unpaired) electrons. The number of nitrogens with zero attached hydrogens (tertiary/aromatic N) is 2. The predicted molar refractivity (Wildman–Crippen MR) is 80.0 cm³/mol. The van der Waals surface area contributed by atoms with Gasteiger partial charge in [0.05, 0.1) is 9.30 Å². The van der Waals surface area contributed by atoms with Crippen LogP contribution in [-0.4, -0.2) is 9.97 Å². The van der Waals surface area contributed by atoms with Crippen LogP contribution in [0.2, 0.25) is 5.02 Å². The first kappa shape index (κ1) is 11.9. The van der Waals surface area contributed by atoms with E-state index in [4.69, 9.17) is 17.3 Å². The molecule has 90 valence electrons. The van der Waals surface area contributed by atoms with E-state index in [1.54, 1.807) is 23.5 Å². The van der Waals surface area contributed by atoms with E-state index in [1.807, 2.05) is 17.5 Å². The number of nitrogen functional groups attached to an aromatic ring is 1. The lowest BCUT2D eigenvalue weighted by atomic mass is 10.2. The molecule has 2 aromatic heterocycles. The zero-order valence-electron chi connectivity index (χ0n) is 9.02. The van der Waals surface area contributed by atoms with Crippen LogP contribution < -0.4 is 5.73 Å². The van der Waals surface area contributed by atoms with Crippen LogP contribution in [0.25, 0.3) is 22.3 Å². The summed E-state index contributed by atoms with van der Waals surface area (Å²) in [5.41, 5.74) is 7.70. The van der Waals surface area contributed by atoms with Gasteiger partial charge >= 0.3 is 0 Å². The molecule has 0 fully saturated rings. The SMILES string of the molecule is Nc1nc(-c2csc(Br)c2)nc2ccc(Cl)cc12. The van der Waals surface area contributed by atoms with E-state index in [1.165, 1.54) is 0 Å². The van der Waals surface area contributed by atoms with Gasteiger partial charge in [-0.2, -0.15) is 0 Å². The molecule has 0 aliphatic carbocycles. The van der Waals surface area contributed by atoms with Crippen LogP contribution in [-0.2, 0) is 0 Å². The molecule has 3 aromatic rings. The summed E-state index contributed by atoms with van der Waals surface area (Å²) in [7, 11) is 0. The number of benzene rings is 1. The fourth-order valence-electron chi connectivity index (χ4n) is 1.68. The van der Waals surface area contributed by atoms with Gasteiger partial charge in [0.2, 0.25) is 0 Å². The highest BCUT2D eigenvalue weighted by molar-refractivity contribution is 9.11. The van der Waals surface area contributed by atoms with Crippen molar-refractivity contribution in [3.8, 4) is 11.4 Å². The molecule has 3 rings (SSSR count). The smallest absolute Gasteiger partial charge is 0.163 e. The fraction of sp³-hybridized carbons (Fsp3) is 0. The van der Waals surface area contributed by atoms with Crippen molar-refractivity contribution in [1.29, 1.82) is 0 Å². The highest BCUT2D eigenvalue weighted by Gasteiger charge is 2.09. The van der Waals surface area contributed by atoms with Crippen LogP contribution in [0.4, 0.5) is 5.82 Å². The van der Waals surface area contributed by atoms with E-state index in [9.17, 15) is 0 Å². The van der Waals surface area contributed by atoms with Gasteiger partial charge in [0, 0.05) is 21.4 Å². The Kier molecular flexibility index (Phi) is 2.97. The summed E-state index contributed by atoms with van der Waals surface area (Å²) in [6.07, 6.45) is 0. The lowest BCUT2D eigenvalue weighted by Gasteiger charge is -2.04. The number of hydrogen-bond donors (Lipinski definition) is 1. The summed E-state index contributed by atoms with van der Waals surface area (Å²) in [6, 6.07) is 7.39. The van der Waals surface area contributed by atoms with Crippen LogP contribution in [0.15, 0.2) is 33.4 Å². The van der Waals surface area contributed by atoms with Gasteiger partial charge in [-0.05, 0) is 40.2 Å². The molecule has 0 aliphatic rings. The van der Waals surface area contributed by atoms with Crippen LogP contribution >= 0.6 is 38.9 Å². The average molecular weight is 341 g/mol. The van der Waals surface area contributed by atoms with Gasteiger partial charge in [0.15, 0.2) is 5.82 Å². The lowest BCUT2D eigenvalue weighted by molar-refractivity contribution is 1.24. The molecule has 0 aliphatic heterocycles. The van der Waals surface area contributed by atoms with Gasteiger partial charge in [-0.3, -0.25) is 0 Å². The number of rotatable bonds is 1. The summed E-state index contributed by atoms with van der Waals surface area (Å²) in [5, 5.41) is 3.39. The largest absolute Gasteiger partial charge is 0.383 e. The Morgan fingerprint density at radius 2 is 2.06 bits per heavy atom. The Hall–Kier alpha value is -1.17. The second-order valence-corrected chi connectivity index (χ2v) is 6.46. The molecule has 0 atom stereocenters. The Balaban J connectivity index is 2.24. The van der Waals surface area contributed by atoms with Crippen LogP contribution in [0.1, 0.15) is 0 Å². The number of nitrogens with two attached hydrogens (primary N) is 1. The lowest BCUT2D eigenvalue weighted by Crippen LogP contribution is -1.97. The molecule has 0 saturated heterocycles. The summed E-state index contributed by atoms with van der Waals surface area (Å²) in [6.45, 7) is 0. The van der Waals surface area contributed by atoms with Crippen molar-refractivity contribution in [2.75, 3.05) is 5.73 Å². The molecule has 0 spiro atoms. The Morgan fingerprint density at radius 3 is 2.78 bits per heavy atom. The van der Waals surface area contributed by atoms with Gasteiger partial charge in [-0.1, -0.05) is 11.6 Å². The van der Waals surface area contributed by atoms with Crippen LogP contribution in [0, 0.1) is 0 Å². The fourth-order valence-corrected chi connectivity index (χ4v) is 2.99. The Morgan fingerprint density at radius 1 is 1.22 bits per heavy atom. The molecule has 0 amide bonds. The monoisotopic (exact) mass is 339 g/mol. The minimum absolute atomic E-state index is 0.444. The number of fused-ring (bicyclic) bond motifs is 1. The minimum atomic E-state index is 0.444. The molecule has 18 heavy (non-hydrogen) atoms. The van der Waals surface area contributed by atoms with Crippen molar-refractivity contribution < 1.29 is 0 Å². The van der Waals surface area contributed by atoms with Gasteiger partial charge < -0.3 is 5.73 Å². The van der Waals surface area contributed by atoms with E-state index in [0.717, 1.165) is 20.3 Å². The van der Waals surface area contributed by atoms with E-state index >= 15 is 0 Å². The quantitative estimate of drug-likeness (QED) is 0.716. The highest BCUT2D eigenvalue weighted by atomic mass is 79.9. The van der Waals surface area contributed by atoms with Crippen molar-refractivity contribution in [3.63, 3.8) is 0 Å². The maximum atomic E-state index is 5.95. The van der Waals surface area contributed by atoms with Crippen molar-refractivity contribution >= 4 is 55.6 Å². The topological polar surface area (TPSA) is 51.8 Å². The van der Waals surface area contributed by atoms with Crippen molar-refractivity contribution in [1.82, 2.24) is 9.97 Å². The number of halogens is 2. The molecular weight excluding hydrogens is 334 g/mol. The van der Waals surface area contributed by atoms with Crippen molar-refractivity contribution in [2.45, 2.75) is 0 Å². The number of anilines is 1. The Bertz CT molecular complexity index is 741. The molecular formula is C12H7BrClN3S. The number of hydrogen-bond acceptors (Lipinski definition) is 4. The number of aromatic nitrogens is 2. The average Bonchev–Trinajstić information content (AvgIpc) is 2.77. The maximum absolute atomic E-state index is 5.95. The second-order valence-electron chi connectivity index (χ2n) is 3.73. The zero-order chi connectivity index (χ0) is 12.7. The van der Waals surface area contributed by atoms with Crippen LogP contribution in [0.3, 0.4) is 0 Å². The van der Waals surface area contributed by atoms with Gasteiger partial charge in [-0.25, -0.2) is 9.97 Å². The normalized spacial score (nSPS) is 11.0. The first-order valence-corrected chi connectivity index (χ1v) is 7.16. The summed E-state index contributed by atoms with van der Waals surface area (Å²) >= 11 is 10.9. The summed E-state index contributed by atoms with van der Waals surface area (Å²) < 4.78 is 1.04. The molecule has 1 aromatic carbocycles. The molecule has 3 nitrogen and oxygen atoms in total. The van der Waals surface area contributed by atoms with Gasteiger partial charge in [0.1, 0.15) is 5.82 Å². The van der Waals surface area contributed by atoms with Gasteiger partial charge in [0.25, 0.3) is 0 Å². The molecule has 2 heterocycles. The third kappa shape index (κ3) is 2.09. The van der Waals surface area contributed by atoms with E-state index in [2.05, 4.69) is 25.9 Å². The molecule has 0 unspecified atom stereocenters. The molecule has 2 N–H and O–H groups in total. The first-order chi connectivity index (χ1) is 8.63. The van der Waals surface area contributed by atoms with E-state index in [-0.39, 0.29) is 0 Å². The minimum Gasteiger partial charge on any atom is -0.383 e. The van der Waals surface area contributed by atoms with Gasteiger partial charge in [-0.15, -0.1) is 11.3 Å². The standard InChI is InChI=1S/C12H7BrClN3S/c13-10-3-6(5-18-10)12-16-9-2-1-7(14)4-8(9)11(15)17-12/h1-5H,(H2,15,16,17). The van der Waals surface area contributed by atoms with E-state index < -0.39 is 0 Å². The molecule has 6 heteroatoms. The Labute approximate surface area is 121 Å². The van der Waals surface area contributed by atoms with Crippen LogP contribution in [0.5, 0.6) is 0 Å². The number of thiophene rings is 1. The molecule has 0 bridgehead atoms. The first-order valence-electron chi connectivity index (χ1n) is 5.10. The zero-order valence-corrected chi connectivity index (χ0v) is 12.2. The third-order valence-electron chi connectivity index (χ3n) is 2.51. The summed E-state index contributed by atoms with van der Waals surface area (Å²) in [4.78, 5) is 8.82. The summed E-state index contributed by atoms with van der Waals surface area (Å²) in [5.74, 6) is 1.07. The third-order valence-corrected chi connectivity index (χ3v) is 4.25. The second kappa shape index (κ2) is 4.50. The van der Waals surface area contributed by atoms with Crippen molar-refractivity contribution in [3.05, 3.63) is 38.5 Å². The molecule has 0 saturated carbocycles. The predicted octanol–water partition coefficient (Wildman–Crippen LogP) is 4.36.